The van der Waals surface area contributed by atoms with Gasteiger partial charge in [0.1, 0.15) is 0 Å². The monoisotopic (exact) mass is 914 g/mol. The number of rotatable bonds is 4. The Kier molecular flexibility index (Phi) is 7.55. The quantitative estimate of drug-likeness (QED) is 0.168. The van der Waals surface area contributed by atoms with E-state index in [1.165, 1.54) is 143 Å². The van der Waals surface area contributed by atoms with E-state index in [0.717, 1.165) is 0 Å². The van der Waals surface area contributed by atoms with Gasteiger partial charge >= 0.3 is 0 Å². The first kappa shape index (κ1) is 38.5. The molecular formula is C68H42N4. The van der Waals surface area contributed by atoms with E-state index in [1.54, 1.807) is 0 Å². The van der Waals surface area contributed by atoms with Crippen LogP contribution in [0, 0.1) is 0 Å². The highest BCUT2D eigenvalue weighted by Gasteiger charge is 2.44. The van der Waals surface area contributed by atoms with Crippen LogP contribution in [0.5, 0.6) is 0 Å². The second-order valence-electron chi connectivity index (χ2n) is 19.9. The summed E-state index contributed by atoms with van der Waals surface area (Å²) in [6, 6.07) is 90.7. The molecule has 0 atom stereocenters. The molecule has 18 rings (SSSR count). The van der Waals surface area contributed by atoms with Gasteiger partial charge in [0.25, 0.3) is 0 Å². The molecule has 0 saturated carbocycles. The van der Waals surface area contributed by atoms with Gasteiger partial charge in [-0.15, -0.1) is 0 Å². The highest BCUT2D eigenvalue weighted by molar-refractivity contribution is 6.17. The fraction of sp³-hybridized carbons (Fsp3) is 0.0294. The Balaban J connectivity index is 0.919. The van der Waals surface area contributed by atoms with Crippen molar-refractivity contribution >= 4 is 87.2 Å². The molecule has 15 aromatic rings. The van der Waals surface area contributed by atoms with Crippen molar-refractivity contribution in [3.05, 3.63) is 276 Å². The first-order valence-electron chi connectivity index (χ1n) is 25.2. The molecule has 0 unspecified atom stereocenters. The SMILES string of the molecule is c1ccc(-n2c3ccccc3c3cc(-n4c5ccccc5c5c6c(ccc54)C4c5ccccc5C6c5c4ccc4c5c5ccccc5n4-c4ccc5c(c4)c4ccccc4n5-c4ccccc4)ccc32)cc1. The van der Waals surface area contributed by atoms with Crippen molar-refractivity contribution in [3.63, 3.8) is 0 Å². The lowest BCUT2D eigenvalue weighted by Crippen LogP contribution is -2.28. The maximum absolute atomic E-state index is 2.53. The summed E-state index contributed by atoms with van der Waals surface area (Å²) in [7, 11) is 0. The van der Waals surface area contributed by atoms with Gasteiger partial charge < -0.3 is 18.3 Å². The first-order valence-corrected chi connectivity index (χ1v) is 25.2. The minimum absolute atomic E-state index is 0.0276. The van der Waals surface area contributed by atoms with E-state index >= 15 is 0 Å². The molecular weight excluding hydrogens is 873 g/mol. The van der Waals surface area contributed by atoms with Crippen molar-refractivity contribution in [2.75, 3.05) is 0 Å². The molecule has 4 aromatic heterocycles. The van der Waals surface area contributed by atoms with Crippen LogP contribution in [0.25, 0.3) is 110 Å². The summed E-state index contributed by atoms with van der Waals surface area (Å²) in [5, 5.41) is 10.3. The molecule has 4 heteroatoms. The molecule has 4 nitrogen and oxygen atoms in total. The van der Waals surface area contributed by atoms with Crippen LogP contribution in [0.4, 0.5) is 0 Å². The van der Waals surface area contributed by atoms with Crippen LogP contribution in [0.2, 0.25) is 0 Å². The van der Waals surface area contributed by atoms with Gasteiger partial charge in [-0.1, -0.05) is 146 Å². The highest BCUT2D eigenvalue weighted by Crippen LogP contribution is 2.60. The molecule has 334 valence electrons. The van der Waals surface area contributed by atoms with E-state index in [0.29, 0.717) is 0 Å². The molecule has 0 fully saturated rings. The topological polar surface area (TPSA) is 19.7 Å². The van der Waals surface area contributed by atoms with Crippen LogP contribution in [-0.4, -0.2) is 18.3 Å². The third-order valence-corrected chi connectivity index (χ3v) is 16.5. The van der Waals surface area contributed by atoms with E-state index in [9.17, 15) is 0 Å². The van der Waals surface area contributed by atoms with Gasteiger partial charge in [-0.2, -0.15) is 0 Å². The minimum Gasteiger partial charge on any atom is -0.309 e. The van der Waals surface area contributed by atoms with Gasteiger partial charge in [0, 0.05) is 77.7 Å². The zero-order chi connectivity index (χ0) is 46.8. The lowest BCUT2D eigenvalue weighted by molar-refractivity contribution is 0.768. The summed E-state index contributed by atoms with van der Waals surface area (Å²) in [5.74, 6) is 0.134. The van der Waals surface area contributed by atoms with Crippen molar-refractivity contribution in [1.29, 1.82) is 0 Å². The molecule has 0 spiro atoms. The Morgan fingerprint density at radius 2 is 0.542 bits per heavy atom. The second-order valence-corrected chi connectivity index (χ2v) is 19.9. The van der Waals surface area contributed by atoms with Gasteiger partial charge in [-0.05, 0) is 130 Å². The number of hydrogen-bond acceptors (Lipinski definition) is 0. The normalized spacial score (nSPS) is 14.9. The molecule has 0 saturated heterocycles. The van der Waals surface area contributed by atoms with E-state index in [4.69, 9.17) is 0 Å². The highest BCUT2D eigenvalue weighted by atomic mass is 15.0. The molecule has 0 amide bonds. The lowest BCUT2D eigenvalue weighted by atomic mass is 9.59. The molecule has 3 aliphatic carbocycles. The van der Waals surface area contributed by atoms with Crippen LogP contribution in [0.1, 0.15) is 45.2 Å². The number of hydrogen-bond donors (Lipinski definition) is 0. The number of aromatic nitrogens is 4. The average molecular weight is 915 g/mol. The second kappa shape index (κ2) is 14.1. The maximum Gasteiger partial charge on any atom is 0.0544 e. The summed E-state index contributed by atoms with van der Waals surface area (Å²) in [5.41, 5.74) is 23.0. The molecule has 0 N–H and O–H groups in total. The van der Waals surface area contributed by atoms with Crippen molar-refractivity contribution in [2.45, 2.75) is 11.8 Å². The Hall–Kier alpha value is -9.38. The van der Waals surface area contributed by atoms with E-state index in [-0.39, 0.29) is 11.8 Å². The standard InChI is InChI=1S/C68H42N4/c1-3-17-41(18-4-1)69-55-27-13-9-21-45(55)53-39-43(31-35-59(53)69)71-57-29-15-11-25-49(57)64-61(71)37-33-51-63-47-23-7-8-24-48(47)66(67(51)64)68-52(63)34-38-62-65(68)50-26-12-16-30-58(50)72(62)44-32-36-60-54(40-44)46-22-10-14-28-56(46)70(60)42-19-5-2-6-20-42/h1-40,63,66H. The molecule has 11 aromatic carbocycles. The smallest absolute Gasteiger partial charge is 0.0544 e. The van der Waals surface area contributed by atoms with Gasteiger partial charge in [-0.25, -0.2) is 0 Å². The fourth-order valence-electron chi connectivity index (χ4n) is 13.8. The Morgan fingerprint density at radius 3 is 1.00 bits per heavy atom. The summed E-state index contributed by atoms with van der Waals surface area (Å²) in [4.78, 5) is 0. The van der Waals surface area contributed by atoms with Crippen LogP contribution in [0.3, 0.4) is 0 Å². The van der Waals surface area contributed by atoms with Crippen LogP contribution in [-0.2, 0) is 0 Å². The van der Waals surface area contributed by atoms with Crippen molar-refractivity contribution in [2.24, 2.45) is 0 Å². The first-order chi connectivity index (χ1) is 35.8. The Morgan fingerprint density at radius 1 is 0.208 bits per heavy atom. The lowest BCUT2D eigenvalue weighted by Gasteiger charge is -2.43. The summed E-state index contributed by atoms with van der Waals surface area (Å²) < 4.78 is 9.88. The van der Waals surface area contributed by atoms with Gasteiger partial charge in [0.15, 0.2) is 0 Å². The molecule has 72 heavy (non-hydrogen) atoms. The predicted octanol–water partition coefficient (Wildman–Crippen LogP) is 17.1. The van der Waals surface area contributed by atoms with Crippen LogP contribution in [0.15, 0.2) is 243 Å². The van der Waals surface area contributed by atoms with Gasteiger partial charge in [0.05, 0.1) is 44.1 Å². The van der Waals surface area contributed by atoms with Crippen molar-refractivity contribution in [1.82, 2.24) is 18.3 Å². The van der Waals surface area contributed by atoms with Crippen molar-refractivity contribution in [3.8, 4) is 22.7 Å². The minimum atomic E-state index is 0.0276. The van der Waals surface area contributed by atoms with E-state index in [1.807, 2.05) is 0 Å². The molecule has 2 bridgehead atoms. The largest absolute Gasteiger partial charge is 0.309 e. The summed E-state index contributed by atoms with van der Waals surface area (Å²) in [6.45, 7) is 0. The average Bonchev–Trinajstić information content (AvgIpc) is 4.18. The number of nitrogens with zero attached hydrogens (tertiary/aromatic N) is 4. The van der Waals surface area contributed by atoms with Crippen LogP contribution >= 0.6 is 0 Å². The Labute approximate surface area is 414 Å². The molecule has 4 heterocycles. The third kappa shape index (κ3) is 4.90. The zero-order valence-electron chi connectivity index (χ0n) is 39.0. The fourth-order valence-corrected chi connectivity index (χ4v) is 13.8. The molecule has 0 radical (unpaired) electrons. The summed E-state index contributed by atoms with van der Waals surface area (Å²) in [6.07, 6.45) is 0. The number of para-hydroxylation sites is 6. The number of benzene rings is 11. The van der Waals surface area contributed by atoms with E-state index in [2.05, 4.69) is 261 Å². The van der Waals surface area contributed by atoms with Gasteiger partial charge in [-0.3, -0.25) is 0 Å². The summed E-state index contributed by atoms with van der Waals surface area (Å²) >= 11 is 0. The maximum atomic E-state index is 2.53. The predicted molar refractivity (Wildman–Crippen MR) is 299 cm³/mol. The Bertz CT molecular complexity index is 4530. The van der Waals surface area contributed by atoms with E-state index < -0.39 is 0 Å². The number of fused-ring (bicyclic) bond motifs is 12. The molecule has 3 aliphatic rings. The zero-order valence-corrected chi connectivity index (χ0v) is 39.0. The van der Waals surface area contributed by atoms with Crippen LogP contribution < -0.4 is 0 Å². The van der Waals surface area contributed by atoms with Gasteiger partial charge in [0.2, 0.25) is 0 Å². The third-order valence-electron chi connectivity index (χ3n) is 16.5. The van der Waals surface area contributed by atoms with Crippen molar-refractivity contribution < 1.29 is 0 Å². The molecule has 0 aliphatic heterocycles.